The second-order valence-electron chi connectivity index (χ2n) is 9.43. The van der Waals surface area contributed by atoms with Crippen LogP contribution in [0.3, 0.4) is 0 Å². The minimum Gasteiger partial charge on any atom is -0.496 e. The number of rotatable bonds is 8. The Labute approximate surface area is 245 Å². The number of nitrogens with zero attached hydrogens (tertiary/aromatic N) is 3. The van der Waals surface area contributed by atoms with Crippen LogP contribution in [0.4, 0.5) is 5.82 Å². The molecule has 9 heteroatoms. The van der Waals surface area contributed by atoms with E-state index < -0.39 is 0 Å². The number of anilines is 1. The molecule has 204 valence electrons. The Kier molecular flexibility index (Phi) is 7.41. The van der Waals surface area contributed by atoms with Gasteiger partial charge in [0.1, 0.15) is 17.3 Å². The van der Waals surface area contributed by atoms with Crippen LogP contribution in [0.1, 0.15) is 20.8 Å². The number of carbonyl (C=O) groups excluding carboxylic acids is 1. The summed E-state index contributed by atoms with van der Waals surface area (Å²) in [5.74, 6) is 0.501. The Morgan fingerprint density at radius 2 is 1.76 bits per heavy atom. The van der Waals surface area contributed by atoms with Crippen molar-refractivity contribution in [1.29, 1.82) is 0 Å². The van der Waals surface area contributed by atoms with Crippen LogP contribution in [-0.2, 0) is 13.1 Å². The van der Waals surface area contributed by atoms with Gasteiger partial charge in [0, 0.05) is 17.1 Å². The molecule has 0 amide bonds. The van der Waals surface area contributed by atoms with Crippen LogP contribution >= 0.6 is 22.9 Å². The maximum Gasteiger partial charge on any atom is 0.283 e. The zero-order chi connectivity index (χ0) is 28.3. The molecule has 7 nitrogen and oxygen atoms in total. The van der Waals surface area contributed by atoms with Crippen molar-refractivity contribution in [2.24, 2.45) is 0 Å². The molecule has 0 unspecified atom stereocenters. The van der Waals surface area contributed by atoms with E-state index in [0.717, 1.165) is 21.2 Å². The van der Waals surface area contributed by atoms with E-state index in [-0.39, 0.29) is 11.5 Å². The maximum absolute atomic E-state index is 13.7. The third kappa shape index (κ3) is 5.52. The van der Waals surface area contributed by atoms with E-state index in [1.54, 1.807) is 47.2 Å². The van der Waals surface area contributed by atoms with Crippen molar-refractivity contribution in [2.75, 3.05) is 12.4 Å². The van der Waals surface area contributed by atoms with E-state index in [2.05, 4.69) is 34.7 Å². The topological polar surface area (TPSA) is 78.2 Å². The predicted octanol–water partition coefficient (Wildman–Crippen LogP) is 6.94. The van der Waals surface area contributed by atoms with Crippen LogP contribution in [0.15, 0.2) is 108 Å². The molecule has 0 spiro atoms. The highest BCUT2D eigenvalue weighted by Crippen LogP contribution is 2.26. The second kappa shape index (κ2) is 11.4. The molecule has 0 saturated heterocycles. The largest absolute Gasteiger partial charge is 0.496 e. The first-order valence-electron chi connectivity index (χ1n) is 12.9. The highest BCUT2D eigenvalue weighted by atomic mass is 35.5. The van der Waals surface area contributed by atoms with Crippen molar-refractivity contribution < 1.29 is 9.53 Å². The number of methoxy groups -OCH3 is 1. The third-order valence-electron chi connectivity index (χ3n) is 6.77. The molecular formula is C32H25ClN4O3S. The molecule has 41 heavy (non-hydrogen) atoms. The second-order valence-corrected chi connectivity index (χ2v) is 11.2. The van der Waals surface area contributed by atoms with Gasteiger partial charge in [-0.3, -0.25) is 9.59 Å². The van der Waals surface area contributed by atoms with Crippen molar-refractivity contribution in [1.82, 2.24) is 14.3 Å². The predicted molar refractivity (Wildman–Crippen MR) is 164 cm³/mol. The van der Waals surface area contributed by atoms with Crippen molar-refractivity contribution in [3.8, 4) is 17.0 Å². The van der Waals surface area contributed by atoms with Crippen LogP contribution in [0.5, 0.6) is 5.75 Å². The summed E-state index contributed by atoms with van der Waals surface area (Å²) in [5.41, 5.74) is 1.94. The summed E-state index contributed by atoms with van der Waals surface area (Å²) in [6.45, 7) is 0.839. The summed E-state index contributed by atoms with van der Waals surface area (Å²) < 4.78 is 9.03. The molecule has 1 N–H and O–H groups in total. The number of fused-ring (bicyclic) bond motifs is 1. The molecule has 0 saturated carbocycles. The van der Waals surface area contributed by atoms with Gasteiger partial charge in [0.2, 0.25) is 0 Å². The summed E-state index contributed by atoms with van der Waals surface area (Å²) in [6, 6.07) is 30.3. The molecule has 0 aliphatic carbocycles. The van der Waals surface area contributed by atoms with Crippen LogP contribution in [0.2, 0.25) is 4.34 Å². The van der Waals surface area contributed by atoms with Gasteiger partial charge in [-0.25, -0.2) is 0 Å². The van der Waals surface area contributed by atoms with E-state index in [4.69, 9.17) is 16.3 Å². The van der Waals surface area contributed by atoms with E-state index in [9.17, 15) is 9.59 Å². The lowest BCUT2D eigenvalue weighted by atomic mass is 10.1. The molecule has 0 bridgehead atoms. The first-order valence-corrected chi connectivity index (χ1v) is 14.1. The van der Waals surface area contributed by atoms with Gasteiger partial charge in [0.15, 0.2) is 0 Å². The highest BCUT2D eigenvalue weighted by molar-refractivity contribution is 7.16. The van der Waals surface area contributed by atoms with Crippen molar-refractivity contribution in [3.63, 3.8) is 0 Å². The van der Waals surface area contributed by atoms with Gasteiger partial charge < -0.3 is 14.6 Å². The van der Waals surface area contributed by atoms with Gasteiger partial charge in [-0.1, -0.05) is 60.1 Å². The zero-order valence-electron chi connectivity index (χ0n) is 22.1. The Balaban J connectivity index is 1.37. The fourth-order valence-corrected chi connectivity index (χ4v) is 5.77. The number of ether oxygens (including phenoxy) is 1. The number of pyridine rings is 1. The number of benzene rings is 3. The summed E-state index contributed by atoms with van der Waals surface area (Å²) in [7, 11) is 1.52. The number of aromatic nitrogens is 3. The molecule has 3 heterocycles. The molecule has 0 radical (unpaired) electrons. The lowest BCUT2D eigenvalue weighted by Crippen LogP contribution is -2.22. The van der Waals surface area contributed by atoms with E-state index >= 15 is 0 Å². The Bertz CT molecular complexity index is 1940. The van der Waals surface area contributed by atoms with Crippen LogP contribution < -0.4 is 15.6 Å². The summed E-state index contributed by atoms with van der Waals surface area (Å²) in [6.07, 6.45) is 1.76. The van der Waals surface area contributed by atoms with E-state index in [1.807, 2.05) is 36.4 Å². The molecule has 6 rings (SSSR count). The van der Waals surface area contributed by atoms with E-state index in [0.29, 0.717) is 45.8 Å². The van der Waals surface area contributed by atoms with Gasteiger partial charge in [0.25, 0.3) is 11.5 Å². The molecule has 3 aromatic carbocycles. The summed E-state index contributed by atoms with van der Waals surface area (Å²) in [4.78, 5) is 28.3. The van der Waals surface area contributed by atoms with Gasteiger partial charge in [-0.05, 0) is 58.8 Å². The van der Waals surface area contributed by atoms with Crippen molar-refractivity contribution >= 4 is 45.4 Å². The fourth-order valence-electron chi connectivity index (χ4n) is 4.74. The Morgan fingerprint density at radius 3 is 2.56 bits per heavy atom. The monoisotopic (exact) mass is 580 g/mol. The number of carbonyl (C=O) groups is 1. The highest BCUT2D eigenvalue weighted by Gasteiger charge is 2.21. The number of thiophene rings is 1. The smallest absolute Gasteiger partial charge is 0.283 e. The number of hydrogen-bond donors (Lipinski definition) is 1. The minimum absolute atomic E-state index is 0.202. The third-order valence-corrected chi connectivity index (χ3v) is 8.01. The average Bonchev–Trinajstić information content (AvgIpc) is 3.62. The molecule has 0 fully saturated rings. The lowest BCUT2D eigenvalue weighted by Gasteiger charge is -2.10. The average molecular weight is 581 g/mol. The maximum atomic E-state index is 13.7. The zero-order valence-corrected chi connectivity index (χ0v) is 23.7. The first-order chi connectivity index (χ1) is 20.0. The number of para-hydroxylation sites is 1. The van der Waals surface area contributed by atoms with Crippen LogP contribution in [0, 0.1) is 0 Å². The normalized spacial score (nSPS) is 11.1. The SMILES string of the molecule is COc1ccccc1C(=O)n1nc(-c2cccn(Cc3ccc4ccccc4c3)c2=O)cc1NCc1ccc(Cl)s1. The number of halogens is 1. The number of nitrogens with one attached hydrogen (secondary N) is 1. The minimum atomic E-state index is -0.382. The van der Waals surface area contributed by atoms with Gasteiger partial charge in [-0.2, -0.15) is 9.78 Å². The quantitative estimate of drug-likeness (QED) is 0.211. The van der Waals surface area contributed by atoms with Crippen molar-refractivity contribution in [2.45, 2.75) is 13.1 Å². The van der Waals surface area contributed by atoms with Gasteiger partial charge in [-0.15, -0.1) is 11.3 Å². The van der Waals surface area contributed by atoms with Crippen molar-refractivity contribution in [3.05, 3.63) is 134 Å². The van der Waals surface area contributed by atoms with Gasteiger partial charge in [0.05, 0.1) is 35.7 Å². The summed E-state index contributed by atoms with van der Waals surface area (Å²) in [5, 5.41) is 10.2. The lowest BCUT2D eigenvalue weighted by molar-refractivity contribution is 0.0945. The Morgan fingerprint density at radius 1 is 0.951 bits per heavy atom. The summed E-state index contributed by atoms with van der Waals surface area (Å²) >= 11 is 7.56. The standard InChI is InChI=1S/C32H25ClN4O3S/c1-40-28-11-5-4-9-26(28)32(39)37-30(34-19-24-14-15-29(33)41-24)18-27(35-37)25-10-6-16-36(31(25)38)20-21-12-13-22-7-2-3-8-23(22)17-21/h2-18,34H,19-20H2,1H3. The first kappa shape index (κ1) is 26.6. The van der Waals surface area contributed by atoms with Gasteiger partial charge >= 0.3 is 0 Å². The Hall–Kier alpha value is -4.66. The molecule has 3 aromatic heterocycles. The van der Waals surface area contributed by atoms with Crippen LogP contribution in [0.25, 0.3) is 22.0 Å². The molecule has 0 atom stereocenters. The fraction of sp³-hybridized carbons (Fsp3) is 0.0938. The number of hydrogen-bond acceptors (Lipinski definition) is 6. The molecular weight excluding hydrogens is 556 g/mol. The van der Waals surface area contributed by atoms with E-state index in [1.165, 1.54) is 23.1 Å². The van der Waals surface area contributed by atoms with Crippen LogP contribution in [-0.4, -0.2) is 27.4 Å². The molecule has 0 aliphatic heterocycles. The molecule has 0 aliphatic rings. The molecule has 6 aromatic rings.